The average molecular weight is 226 g/mol. The van der Waals surface area contributed by atoms with Gasteiger partial charge in [-0.25, -0.2) is 0 Å². The van der Waals surface area contributed by atoms with Gasteiger partial charge in [0.05, 0.1) is 0 Å². The first-order valence-corrected chi connectivity index (χ1v) is 7.16. The van der Waals surface area contributed by atoms with Gasteiger partial charge in [0.2, 0.25) is 0 Å². The van der Waals surface area contributed by atoms with Gasteiger partial charge >= 0.3 is 0 Å². The molecule has 0 radical (unpaired) electrons. The lowest BCUT2D eigenvalue weighted by atomic mass is 9.94. The van der Waals surface area contributed by atoms with Crippen molar-refractivity contribution in [2.45, 2.75) is 77.9 Å². The van der Waals surface area contributed by atoms with Crippen molar-refractivity contribution >= 4 is 0 Å². The summed E-state index contributed by atoms with van der Waals surface area (Å²) in [6, 6.07) is 2.06. The van der Waals surface area contributed by atoms with Gasteiger partial charge in [-0.3, -0.25) is 0 Å². The Labute approximate surface area is 102 Å². The van der Waals surface area contributed by atoms with Crippen LogP contribution in [0.2, 0.25) is 0 Å². The van der Waals surface area contributed by atoms with E-state index in [-0.39, 0.29) is 0 Å². The molecule has 0 spiro atoms. The number of hydrogen-bond acceptors (Lipinski definition) is 2. The van der Waals surface area contributed by atoms with Crippen LogP contribution in [0.25, 0.3) is 0 Å². The first-order valence-electron chi connectivity index (χ1n) is 7.16. The standard InChI is InChI=1S/C14H30N2/c1-5-13(6-2)12(4)16-11(3)10-14-8-7-9-15-14/h11-16H,5-10H2,1-4H3. The zero-order valence-electron chi connectivity index (χ0n) is 11.6. The van der Waals surface area contributed by atoms with Gasteiger partial charge in [-0.2, -0.15) is 0 Å². The quantitative estimate of drug-likeness (QED) is 0.697. The Balaban J connectivity index is 2.23. The number of nitrogens with one attached hydrogen (secondary N) is 2. The van der Waals surface area contributed by atoms with Crippen molar-refractivity contribution in [2.24, 2.45) is 5.92 Å². The van der Waals surface area contributed by atoms with E-state index in [4.69, 9.17) is 0 Å². The summed E-state index contributed by atoms with van der Waals surface area (Å²) < 4.78 is 0. The molecular weight excluding hydrogens is 196 g/mol. The predicted molar refractivity (Wildman–Crippen MR) is 71.8 cm³/mol. The summed E-state index contributed by atoms with van der Waals surface area (Å²) in [7, 11) is 0. The van der Waals surface area contributed by atoms with Crippen LogP contribution in [0.5, 0.6) is 0 Å². The monoisotopic (exact) mass is 226 g/mol. The zero-order valence-corrected chi connectivity index (χ0v) is 11.6. The van der Waals surface area contributed by atoms with Gasteiger partial charge in [0.25, 0.3) is 0 Å². The average Bonchev–Trinajstić information content (AvgIpc) is 2.71. The SMILES string of the molecule is CCC(CC)C(C)NC(C)CC1CCCN1. The fourth-order valence-corrected chi connectivity index (χ4v) is 3.03. The molecule has 1 saturated heterocycles. The van der Waals surface area contributed by atoms with Crippen LogP contribution in [0.3, 0.4) is 0 Å². The Morgan fingerprint density at radius 2 is 1.94 bits per heavy atom. The fraction of sp³-hybridized carbons (Fsp3) is 1.00. The second kappa shape index (κ2) is 7.29. The molecule has 0 saturated carbocycles. The lowest BCUT2D eigenvalue weighted by Gasteiger charge is -2.27. The number of rotatable bonds is 7. The van der Waals surface area contributed by atoms with Crippen LogP contribution in [-0.2, 0) is 0 Å². The topological polar surface area (TPSA) is 24.1 Å². The molecule has 2 nitrogen and oxygen atoms in total. The second-order valence-electron chi connectivity index (χ2n) is 5.46. The Hall–Kier alpha value is -0.0800. The van der Waals surface area contributed by atoms with E-state index in [1.807, 2.05) is 0 Å². The maximum atomic E-state index is 3.77. The van der Waals surface area contributed by atoms with Gasteiger partial charge < -0.3 is 10.6 Å². The molecule has 1 rings (SSSR count). The molecular formula is C14H30N2. The summed E-state index contributed by atoms with van der Waals surface area (Å²) in [5.74, 6) is 0.832. The predicted octanol–water partition coefficient (Wildman–Crippen LogP) is 2.93. The Bertz CT molecular complexity index is 172. The van der Waals surface area contributed by atoms with Crippen LogP contribution in [0, 0.1) is 5.92 Å². The zero-order chi connectivity index (χ0) is 12.0. The van der Waals surface area contributed by atoms with Crippen molar-refractivity contribution in [3.63, 3.8) is 0 Å². The highest BCUT2D eigenvalue weighted by Crippen LogP contribution is 2.15. The van der Waals surface area contributed by atoms with Crippen molar-refractivity contribution in [3.8, 4) is 0 Å². The van der Waals surface area contributed by atoms with Crippen LogP contribution in [0.4, 0.5) is 0 Å². The van der Waals surface area contributed by atoms with Crippen molar-refractivity contribution < 1.29 is 0 Å². The maximum Gasteiger partial charge on any atom is 0.00822 e. The van der Waals surface area contributed by atoms with Gasteiger partial charge in [-0.1, -0.05) is 26.7 Å². The fourth-order valence-electron chi connectivity index (χ4n) is 3.03. The van der Waals surface area contributed by atoms with E-state index >= 15 is 0 Å². The highest BCUT2D eigenvalue weighted by molar-refractivity contribution is 4.81. The Morgan fingerprint density at radius 1 is 1.25 bits per heavy atom. The van der Waals surface area contributed by atoms with E-state index in [1.165, 1.54) is 38.6 Å². The minimum atomic E-state index is 0.645. The molecule has 2 N–H and O–H groups in total. The summed E-state index contributed by atoms with van der Waals surface area (Å²) in [5, 5.41) is 7.35. The first kappa shape index (κ1) is 14.0. The molecule has 3 atom stereocenters. The van der Waals surface area contributed by atoms with Crippen LogP contribution in [0.1, 0.15) is 59.8 Å². The second-order valence-corrected chi connectivity index (χ2v) is 5.46. The summed E-state index contributed by atoms with van der Waals surface area (Å²) in [6.45, 7) is 10.5. The molecule has 0 aliphatic carbocycles. The van der Waals surface area contributed by atoms with Crippen molar-refractivity contribution in [1.82, 2.24) is 10.6 Å². The summed E-state index contributed by atoms with van der Waals surface area (Å²) >= 11 is 0. The molecule has 16 heavy (non-hydrogen) atoms. The maximum absolute atomic E-state index is 3.77. The highest BCUT2D eigenvalue weighted by Gasteiger charge is 2.20. The van der Waals surface area contributed by atoms with Gasteiger partial charge in [-0.15, -0.1) is 0 Å². The van der Waals surface area contributed by atoms with E-state index in [9.17, 15) is 0 Å². The minimum absolute atomic E-state index is 0.645. The van der Waals surface area contributed by atoms with Crippen molar-refractivity contribution in [1.29, 1.82) is 0 Å². The molecule has 0 bridgehead atoms. The van der Waals surface area contributed by atoms with Crippen LogP contribution >= 0.6 is 0 Å². The van der Waals surface area contributed by atoms with Gasteiger partial charge in [0.15, 0.2) is 0 Å². The van der Waals surface area contributed by atoms with Crippen LogP contribution in [-0.4, -0.2) is 24.7 Å². The minimum Gasteiger partial charge on any atom is -0.314 e. The normalized spacial score (nSPS) is 24.9. The summed E-state index contributed by atoms with van der Waals surface area (Å²) in [4.78, 5) is 0. The van der Waals surface area contributed by atoms with E-state index < -0.39 is 0 Å². The molecule has 1 heterocycles. The lowest BCUT2D eigenvalue weighted by Crippen LogP contribution is -2.42. The Kier molecular flexibility index (Phi) is 6.37. The molecule has 0 amide bonds. The van der Waals surface area contributed by atoms with Crippen LogP contribution < -0.4 is 10.6 Å². The highest BCUT2D eigenvalue weighted by atomic mass is 15.0. The lowest BCUT2D eigenvalue weighted by molar-refractivity contribution is 0.310. The molecule has 96 valence electrons. The third-order valence-corrected chi connectivity index (χ3v) is 4.10. The molecule has 3 unspecified atom stereocenters. The molecule has 1 fully saturated rings. The van der Waals surface area contributed by atoms with Crippen LogP contribution in [0.15, 0.2) is 0 Å². The third-order valence-electron chi connectivity index (χ3n) is 4.10. The molecule has 1 aliphatic heterocycles. The largest absolute Gasteiger partial charge is 0.314 e. The van der Waals surface area contributed by atoms with Gasteiger partial charge in [0, 0.05) is 18.1 Å². The molecule has 0 aromatic carbocycles. The van der Waals surface area contributed by atoms with Crippen molar-refractivity contribution in [3.05, 3.63) is 0 Å². The van der Waals surface area contributed by atoms with Gasteiger partial charge in [-0.05, 0) is 45.6 Å². The van der Waals surface area contributed by atoms with Crippen molar-refractivity contribution in [2.75, 3.05) is 6.54 Å². The van der Waals surface area contributed by atoms with E-state index in [1.54, 1.807) is 0 Å². The van der Waals surface area contributed by atoms with E-state index in [2.05, 4.69) is 38.3 Å². The Morgan fingerprint density at radius 3 is 2.44 bits per heavy atom. The smallest absolute Gasteiger partial charge is 0.00822 e. The molecule has 1 aliphatic rings. The summed E-state index contributed by atoms with van der Waals surface area (Å²) in [6.07, 6.45) is 6.59. The summed E-state index contributed by atoms with van der Waals surface area (Å²) in [5.41, 5.74) is 0. The third kappa shape index (κ3) is 4.42. The van der Waals surface area contributed by atoms with E-state index in [0.717, 1.165) is 12.0 Å². The van der Waals surface area contributed by atoms with Gasteiger partial charge in [0.1, 0.15) is 0 Å². The molecule has 2 heteroatoms. The first-order chi connectivity index (χ1) is 7.67. The van der Waals surface area contributed by atoms with E-state index in [0.29, 0.717) is 12.1 Å². The molecule has 0 aromatic rings. The number of hydrogen-bond donors (Lipinski definition) is 2. The molecule has 0 aromatic heterocycles.